The van der Waals surface area contributed by atoms with Crippen molar-refractivity contribution in [1.29, 1.82) is 0 Å². The van der Waals surface area contributed by atoms with Crippen LogP contribution in [0.2, 0.25) is 0 Å². The van der Waals surface area contributed by atoms with Gasteiger partial charge in [0, 0.05) is 24.5 Å². The lowest BCUT2D eigenvalue weighted by molar-refractivity contribution is -0.136. The van der Waals surface area contributed by atoms with Crippen molar-refractivity contribution in [3.8, 4) is 0 Å². The summed E-state index contributed by atoms with van der Waals surface area (Å²) in [5.74, 6) is 0.407. The first-order chi connectivity index (χ1) is 9.41. The summed E-state index contributed by atoms with van der Waals surface area (Å²) in [6.45, 7) is 0.540. The zero-order valence-electron chi connectivity index (χ0n) is 11.1. The molecule has 1 saturated carbocycles. The summed E-state index contributed by atoms with van der Waals surface area (Å²) < 4.78 is 38.8. The monoisotopic (exact) mass is 288 g/mol. The van der Waals surface area contributed by atoms with Crippen LogP contribution in [0.15, 0.2) is 18.2 Å². The summed E-state index contributed by atoms with van der Waals surface area (Å²) >= 11 is 0. The minimum Gasteiger partial charge on any atom is -0.399 e. The zero-order valence-corrected chi connectivity index (χ0v) is 11.1. The van der Waals surface area contributed by atoms with Crippen molar-refractivity contribution in [1.82, 2.24) is 0 Å². The first-order valence-corrected chi connectivity index (χ1v) is 6.73. The Labute approximate surface area is 116 Å². The normalized spacial score (nSPS) is 23.0. The number of rotatable bonds is 4. The molecular weight excluding hydrogens is 269 g/mol. The smallest absolute Gasteiger partial charge is 0.399 e. The van der Waals surface area contributed by atoms with Crippen LogP contribution in [-0.4, -0.2) is 18.3 Å². The van der Waals surface area contributed by atoms with E-state index in [0.717, 1.165) is 25.3 Å². The van der Waals surface area contributed by atoms with Crippen molar-refractivity contribution < 1.29 is 18.3 Å². The van der Waals surface area contributed by atoms with Gasteiger partial charge in [-0.3, -0.25) is 0 Å². The standard InChI is InChI=1S/C14H19F3N2O/c15-14(16,17)12-6-11(18)4-5-13(12)19-7-9-2-1-3-10(9)8-20/h4-6,9-10,19-20H,1-3,7-8,18H2. The molecule has 3 nitrogen and oxygen atoms in total. The van der Waals surface area contributed by atoms with Gasteiger partial charge in [0.25, 0.3) is 0 Å². The molecule has 20 heavy (non-hydrogen) atoms. The van der Waals surface area contributed by atoms with Crippen molar-refractivity contribution in [2.24, 2.45) is 11.8 Å². The molecule has 1 aromatic carbocycles. The van der Waals surface area contributed by atoms with Crippen LogP contribution >= 0.6 is 0 Å². The van der Waals surface area contributed by atoms with E-state index in [-0.39, 0.29) is 29.8 Å². The van der Waals surface area contributed by atoms with Gasteiger partial charge < -0.3 is 16.2 Å². The fourth-order valence-electron chi connectivity index (χ4n) is 2.81. The van der Waals surface area contributed by atoms with Gasteiger partial charge >= 0.3 is 6.18 Å². The van der Waals surface area contributed by atoms with Crippen molar-refractivity contribution in [2.45, 2.75) is 25.4 Å². The van der Waals surface area contributed by atoms with Gasteiger partial charge in [-0.05, 0) is 42.9 Å². The topological polar surface area (TPSA) is 58.3 Å². The van der Waals surface area contributed by atoms with E-state index in [0.29, 0.717) is 6.54 Å². The number of hydrogen-bond acceptors (Lipinski definition) is 3. The molecule has 2 atom stereocenters. The largest absolute Gasteiger partial charge is 0.418 e. The average molecular weight is 288 g/mol. The molecule has 6 heteroatoms. The number of halogens is 3. The highest BCUT2D eigenvalue weighted by Gasteiger charge is 2.34. The maximum Gasteiger partial charge on any atom is 0.418 e. The van der Waals surface area contributed by atoms with Gasteiger partial charge in [-0.15, -0.1) is 0 Å². The fraction of sp³-hybridized carbons (Fsp3) is 0.571. The highest BCUT2D eigenvalue weighted by atomic mass is 19.4. The molecule has 1 aromatic rings. The Hall–Kier alpha value is -1.43. The third kappa shape index (κ3) is 3.36. The van der Waals surface area contributed by atoms with Crippen LogP contribution in [0.5, 0.6) is 0 Å². The number of nitrogen functional groups attached to an aromatic ring is 1. The summed E-state index contributed by atoms with van der Waals surface area (Å²) in [6, 6.07) is 3.76. The predicted molar refractivity (Wildman–Crippen MR) is 72.3 cm³/mol. The molecule has 1 fully saturated rings. The van der Waals surface area contributed by atoms with Crippen molar-refractivity contribution in [3.63, 3.8) is 0 Å². The molecule has 0 radical (unpaired) electrons. The third-order valence-corrected chi connectivity index (χ3v) is 3.95. The van der Waals surface area contributed by atoms with Crippen molar-refractivity contribution in [3.05, 3.63) is 23.8 Å². The van der Waals surface area contributed by atoms with E-state index in [2.05, 4.69) is 5.32 Å². The number of aliphatic hydroxyl groups is 1. The van der Waals surface area contributed by atoms with Gasteiger partial charge in [-0.2, -0.15) is 13.2 Å². The molecule has 2 unspecified atom stereocenters. The van der Waals surface area contributed by atoms with E-state index in [9.17, 15) is 18.3 Å². The molecule has 0 saturated heterocycles. The molecule has 112 valence electrons. The number of benzene rings is 1. The van der Waals surface area contributed by atoms with Crippen LogP contribution in [0.4, 0.5) is 24.5 Å². The Morgan fingerprint density at radius 1 is 1.25 bits per heavy atom. The van der Waals surface area contributed by atoms with Gasteiger partial charge in [0.2, 0.25) is 0 Å². The summed E-state index contributed by atoms with van der Waals surface area (Å²) in [5, 5.41) is 12.1. The lowest BCUT2D eigenvalue weighted by atomic mass is 9.96. The summed E-state index contributed by atoms with van der Waals surface area (Å²) in [5.41, 5.74) is 4.83. The van der Waals surface area contributed by atoms with Crippen LogP contribution < -0.4 is 11.1 Å². The summed E-state index contributed by atoms with van der Waals surface area (Å²) in [7, 11) is 0. The molecule has 0 heterocycles. The highest BCUT2D eigenvalue weighted by molar-refractivity contribution is 5.59. The van der Waals surface area contributed by atoms with Gasteiger partial charge in [-0.25, -0.2) is 0 Å². The second-order valence-corrected chi connectivity index (χ2v) is 5.32. The number of hydrogen-bond donors (Lipinski definition) is 3. The third-order valence-electron chi connectivity index (χ3n) is 3.95. The van der Waals surface area contributed by atoms with Crippen LogP contribution in [0.1, 0.15) is 24.8 Å². The first-order valence-electron chi connectivity index (χ1n) is 6.73. The highest BCUT2D eigenvalue weighted by Crippen LogP contribution is 2.37. The van der Waals surface area contributed by atoms with E-state index in [1.807, 2.05) is 0 Å². The molecule has 4 N–H and O–H groups in total. The number of nitrogens with one attached hydrogen (secondary N) is 1. The van der Waals surface area contributed by atoms with Crippen molar-refractivity contribution in [2.75, 3.05) is 24.2 Å². The van der Waals surface area contributed by atoms with Gasteiger partial charge in [-0.1, -0.05) is 6.42 Å². The molecule has 0 spiro atoms. The lowest BCUT2D eigenvalue weighted by Gasteiger charge is -2.21. The van der Waals surface area contributed by atoms with Crippen molar-refractivity contribution >= 4 is 11.4 Å². The minimum atomic E-state index is -4.43. The predicted octanol–water partition coefficient (Wildman–Crippen LogP) is 3.11. The fourth-order valence-corrected chi connectivity index (χ4v) is 2.81. The quantitative estimate of drug-likeness (QED) is 0.746. The second kappa shape index (κ2) is 5.91. The molecule has 0 aliphatic heterocycles. The van der Waals surface area contributed by atoms with Gasteiger partial charge in [0.1, 0.15) is 0 Å². The molecule has 2 rings (SSSR count). The van der Waals surface area contributed by atoms with E-state index >= 15 is 0 Å². The maximum absolute atomic E-state index is 12.9. The maximum atomic E-state index is 12.9. The summed E-state index contributed by atoms with van der Waals surface area (Å²) in [4.78, 5) is 0. The Morgan fingerprint density at radius 2 is 1.95 bits per heavy atom. The Kier molecular flexibility index (Phi) is 4.42. The first kappa shape index (κ1) is 15.0. The van der Waals surface area contributed by atoms with E-state index < -0.39 is 11.7 Å². The number of nitrogens with two attached hydrogens (primary N) is 1. The van der Waals surface area contributed by atoms with E-state index in [1.165, 1.54) is 12.1 Å². The minimum absolute atomic E-state index is 0.0512. The Morgan fingerprint density at radius 3 is 2.60 bits per heavy atom. The average Bonchev–Trinajstić information content (AvgIpc) is 2.83. The number of anilines is 2. The van der Waals surface area contributed by atoms with Crippen LogP contribution in [0.3, 0.4) is 0 Å². The van der Waals surface area contributed by atoms with Gasteiger partial charge in [0.15, 0.2) is 0 Å². The zero-order chi connectivity index (χ0) is 14.8. The second-order valence-electron chi connectivity index (χ2n) is 5.32. The molecule has 1 aliphatic carbocycles. The van der Waals surface area contributed by atoms with E-state index in [4.69, 9.17) is 5.73 Å². The Balaban J connectivity index is 2.09. The van der Waals surface area contributed by atoms with E-state index in [1.54, 1.807) is 0 Å². The summed E-state index contributed by atoms with van der Waals surface area (Å²) in [6.07, 6.45) is -1.53. The van der Waals surface area contributed by atoms with Crippen LogP contribution in [0.25, 0.3) is 0 Å². The Bertz CT molecular complexity index is 462. The molecule has 1 aliphatic rings. The molecular formula is C14H19F3N2O. The van der Waals surface area contributed by atoms with Crippen LogP contribution in [-0.2, 0) is 6.18 Å². The molecule has 0 aromatic heterocycles. The van der Waals surface area contributed by atoms with Crippen LogP contribution in [0, 0.1) is 11.8 Å². The lowest BCUT2D eigenvalue weighted by Crippen LogP contribution is -2.22. The SMILES string of the molecule is Nc1ccc(NCC2CCCC2CO)c(C(F)(F)F)c1. The molecule has 0 amide bonds. The number of alkyl halides is 3. The molecule has 0 bridgehead atoms. The number of aliphatic hydroxyl groups excluding tert-OH is 1. The van der Waals surface area contributed by atoms with Gasteiger partial charge in [0.05, 0.1) is 5.56 Å².